The number of carbonyl (C=O) groups is 2. The highest BCUT2D eigenvalue weighted by molar-refractivity contribution is 6.00. The van der Waals surface area contributed by atoms with E-state index in [0.29, 0.717) is 12.1 Å². The molecule has 25 heavy (non-hydrogen) atoms. The molecule has 2 aromatic carbocycles. The molecule has 2 aromatic rings. The number of para-hydroxylation sites is 1. The third-order valence-electron chi connectivity index (χ3n) is 2.91. The minimum absolute atomic E-state index is 0.190. The van der Waals surface area contributed by atoms with Crippen molar-refractivity contribution in [3.63, 3.8) is 0 Å². The van der Waals surface area contributed by atoms with E-state index < -0.39 is 41.4 Å². The van der Waals surface area contributed by atoms with Crippen LogP contribution in [0.1, 0.15) is 20.7 Å². The Bertz CT molecular complexity index is 791. The van der Waals surface area contributed by atoms with Crippen LogP contribution >= 0.6 is 0 Å². The largest absolute Gasteiger partial charge is 0.507 e. The van der Waals surface area contributed by atoms with Crippen molar-refractivity contribution in [3.8, 4) is 11.5 Å². The molecule has 0 fully saturated rings. The standard InChI is InChI=1S/C15H10F4N2O4/c16-9-5-7(25-15(18)19)6-10(17)12(9)14(24)21-20-13(23)8-3-1-2-4-11(8)22/h1-6,15,22H,(H,20,23)(H,21,24). The zero-order valence-electron chi connectivity index (χ0n) is 12.2. The SMILES string of the molecule is O=C(NNC(=O)c1c(F)cc(OC(F)F)cc1F)c1ccccc1O. The smallest absolute Gasteiger partial charge is 0.387 e. The summed E-state index contributed by atoms with van der Waals surface area (Å²) in [5.41, 5.74) is 2.30. The van der Waals surface area contributed by atoms with Crippen LogP contribution in [0.3, 0.4) is 0 Å². The summed E-state index contributed by atoms with van der Waals surface area (Å²) < 4.78 is 55.4. The zero-order valence-corrected chi connectivity index (χ0v) is 12.2. The number of benzene rings is 2. The third kappa shape index (κ3) is 4.37. The van der Waals surface area contributed by atoms with Crippen molar-refractivity contribution in [3.05, 3.63) is 59.2 Å². The predicted molar refractivity (Wildman–Crippen MR) is 76.0 cm³/mol. The molecule has 0 spiro atoms. The Labute approximate surface area is 138 Å². The molecule has 2 amide bonds. The molecule has 0 heterocycles. The zero-order chi connectivity index (χ0) is 18.6. The van der Waals surface area contributed by atoms with Crippen LogP contribution in [0.4, 0.5) is 17.6 Å². The normalized spacial score (nSPS) is 10.4. The molecule has 0 aliphatic carbocycles. The molecule has 0 aromatic heterocycles. The molecule has 6 nitrogen and oxygen atoms in total. The van der Waals surface area contributed by atoms with Crippen molar-refractivity contribution < 1.29 is 37.0 Å². The van der Waals surface area contributed by atoms with Gasteiger partial charge in [-0.3, -0.25) is 20.4 Å². The van der Waals surface area contributed by atoms with E-state index in [1.54, 1.807) is 5.43 Å². The molecule has 10 heteroatoms. The van der Waals surface area contributed by atoms with Gasteiger partial charge in [-0.05, 0) is 12.1 Å². The van der Waals surface area contributed by atoms with E-state index in [2.05, 4.69) is 4.74 Å². The van der Waals surface area contributed by atoms with Gasteiger partial charge in [0.15, 0.2) is 0 Å². The molecule has 132 valence electrons. The van der Waals surface area contributed by atoms with E-state index in [4.69, 9.17) is 0 Å². The first-order valence-electron chi connectivity index (χ1n) is 6.62. The predicted octanol–water partition coefficient (Wildman–Crippen LogP) is 2.35. The molecule has 0 bridgehead atoms. The summed E-state index contributed by atoms with van der Waals surface area (Å²) in [4.78, 5) is 23.6. The fraction of sp³-hybridized carbons (Fsp3) is 0.0667. The number of hydrogen-bond donors (Lipinski definition) is 3. The first-order valence-corrected chi connectivity index (χ1v) is 6.62. The van der Waals surface area contributed by atoms with Gasteiger partial charge in [-0.15, -0.1) is 0 Å². The number of rotatable bonds is 4. The van der Waals surface area contributed by atoms with E-state index in [0.717, 1.165) is 0 Å². The van der Waals surface area contributed by atoms with Crippen LogP contribution in [0.5, 0.6) is 11.5 Å². The van der Waals surface area contributed by atoms with Crippen LogP contribution in [0.15, 0.2) is 36.4 Å². The minimum Gasteiger partial charge on any atom is -0.507 e. The number of hydrazine groups is 1. The summed E-state index contributed by atoms with van der Waals surface area (Å²) in [7, 11) is 0. The second-order valence-electron chi connectivity index (χ2n) is 4.57. The maximum absolute atomic E-state index is 13.7. The minimum atomic E-state index is -3.30. The highest BCUT2D eigenvalue weighted by Gasteiger charge is 2.21. The molecule has 3 N–H and O–H groups in total. The van der Waals surface area contributed by atoms with Crippen molar-refractivity contribution >= 4 is 11.8 Å². The van der Waals surface area contributed by atoms with Gasteiger partial charge < -0.3 is 9.84 Å². The summed E-state index contributed by atoms with van der Waals surface area (Å²) in [5, 5.41) is 9.49. The number of nitrogens with one attached hydrogen (secondary N) is 2. The Kier molecular flexibility index (Phi) is 5.42. The maximum atomic E-state index is 13.7. The molecule has 0 saturated carbocycles. The van der Waals surface area contributed by atoms with E-state index in [-0.39, 0.29) is 11.3 Å². The van der Waals surface area contributed by atoms with Crippen LogP contribution in [-0.2, 0) is 0 Å². The van der Waals surface area contributed by atoms with Crippen LogP contribution in [0.25, 0.3) is 0 Å². The summed E-state index contributed by atoms with van der Waals surface area (Å²) in [5.74, 6) is -6.43. The number of ether oxygens (including phenoxy) is 1. The van der Waals surface area contributed by atoms with Gasteiger partial charge in [0.05, 0.1) is 5.56 Å². The number of alkyl halides is 2. The number of halogens is 4. The third-order valence-corrected chi connectivity index (χ3v) is 2.91. The van der Waals surface area contributed by atoms with E-state index in [1.165, 1.54) is 24.3 Å². The quantitative estimate of drug-likeness (QED) is 0.578. The molecule has 0 unspecified atom stereocenters. The van der Waals surface area contributed by atoms with Crippen LogP contribution < -0.4 is 15.6 Å². The number of hydrogen-bond acceptors (Lipinski definition) is 4. The Morgan fingerprint density at radius 3 is 2.12 bits per heavy atom. The van der Waals surface area contributed by atoms with Crippen molar-refractivity contribution in [2.45, 2.75) is 6.61 Å². The van der Waals surface area contributed by atoms with Gasteiger partial charge in [0.1, 0.15) is 28.7 Å². The summed E-state index contributed by atoms with van der Waals surface area (Å²) in [6.07, 6.45) is 0. The van der Waals surface area contributed by atoms with Crippen LogP contribution in [0.2, 0.25) is 0 Å². The first kappa shape index (κ1) is 18.0. The maximum Gasteiger partial charge on any atom is 0.387 e. The number of carbonyl (C=O) groups excluding carboxylic acids is 2. The second-order valence-corrected chi connectivity index (χ2v) is 4.57. The van der Waals surface area contributed by atoms with Gasteiger partial charge in [0.2, 0.25) is 0 Å². The Balaban J connectivity index is 2.11. The molecule has 2 rings (SSSR count). The van der Waals surface area contributed by atoms with Gasteiger partial charge >= 0.3 is 6.61 Å². The highest BCUT2D eigenvalue weighted by Crippen LogP contribution is 2.22. The Morgan fingerprint density at radius 2 is 1.56 bits per heavy atom. The molecule has 0 saturated heterocycles. The van der Waals surface area contributed by atoms with Crippen molar-refractivity contribution in [2.75, 3.05) is 0 Å². The Morgan fingerprint density at radius 1 is 1.00 bits per heavy atom. The monoisotopic (exact) mass is 358 g/mol. The molecule has 0 radical (unpaired) electrons. The fourth-order valence-electron chi connectivity index (χ4n) is 1.85. The highest BCUT2D eigenvalue weighted by atomic mass is 19.3. The van der Waals surface area contributed by atoms with Gasteiger partial charge in [0.25, 0.3) is 11.8 Å². The summed E-state index contributed by atoms with van der Waals surface area (Å²) in [6, 6.07) is 6.16. The lowest BCUT2D eigenvalue weighted by Gasteiger charge is -2.11. The van der Waals surface area contributed by atoms with E-state index >= 15 is 0 Å². The van der Waals surface area contributed by atoms with Crippen molar-refractivity contribution in [1.29, 1.82) is 0 Å². The van der Waals surface area contributed by atoms with E-state index in [1.807, 2.05) is 5.43 Å². The van der Waals surface area contributed by atoms with Gasteiger partial charge in [0, 0.05) is 12.1 Å². The van der Waals surface area contributed by atoms with Crippen molar-refractivity contribution in [1.82, 2.24) is 10.9 Å². The summed E-state index contributed by atoms with van der Waals surface area (Å²) >= 11 is 0. The average molecular weight is 358 g/mol. The molecular formula is C15H10F4N2O4. The molecular weight excluding hydrogens is 348 g/mol. The summed E-state index contributed by atoms with van der Waals surface area (Å²) in [6.45, 7) is -3.30. The lowest BCUT2D eigenvalue weighted by atomic mass is 10.1. The number of phenolic OH excluding ortho intramolecular Hbond substituents is 1. The molecule has 0 aliphatic rings. The number of amides is 2. The lowest BCUT2D eigenvalue weighted by Crippen LogP contribution is -2.42. The first-order chi connectivity index (χ1) is 11.8. The average Bonchev–Trinajstić information content (AvgIpc) is 2.51. The Hall–Kier alpha value is -3.30. The molecule has 0 aliphatic heterocycles. The van der Waals surface area contributed by atoms with Gasteiger partial charge in [-0.2, -0.15) is 8.78 Å². The van der Waals surface area contributed by atoms with Gasteiger partial charge in [-0.25, -0.2) is 8.78 Å². The molecule has 0 atom stereocenters. The van der Waals surface area contributed by atoms with E-state index in [9.17, 15) is 32.3 Å². The van der Waals surface area contributed by atoms with Crippen molar-refractivity contribution in [2.24, 2.45) is 0 Å². The van der Waals surface area contributed by atoms with Crippen LogP contribution in [-0.4, -0.2) is 23.5 Å². The second kappa shape index (κ2) is 7.51. The lowest BCUT2D eigenvalue weighted by molar-refractivity contribution is -0.0501. The van der Waals surface area contributed by atoms with Crippen LogP contribution in [0, 0.1) is 11.6 Å². The number of phenols is 1. The van der Waals surface area contributed by atoms with Gasteiger partial charge in [-0.1, -0.05) is 12.1 Å². The fourth-order valence-corrected chi connectivity index (χ4v) is 1.85. The number of aromatic hydroxyl groups is 1. The topological polar surface area (TPSA) is 87.7 Å².